The molecule has 1 heterocycles. The van der Waals surface area contributed by atoms with Gasteiger partial charge >= 0.3 is 0 Å². The zero-order chi connectivity index (χ0) is 16.8. The lowest BCUT2D eigenvalue weighted by Gasteiger charge is -2.32. The maximum absolute atomic E-state index is 12.0. The Kier molecular flexibility index (Phi) is 6.38. The van der Waals surface area contributed by atoms with Gasteiger partial charge in [0.25, 0.3) is 0 Å². The standard InChI is InChI=1S/C16H23ClN4O2/c1-19-12-3-2-7-21(10-12)8-6-15(22)20-11-4-5-13(16(18)23)14(17)9-11/h4-5,9,12,19H,2-3,6-8,10H2,1H3,(H2,18,23)(H,20,22). The number of amides is 2. The van der Waals surface area contributed by atoms with Crippen LogP contribution in [0.4, 0.5) is 5.69 Å². The second kappa shape index (κ2) is 8.29. The summed E-state index contributed by atoms with van der Waals surface area (Å²) in [5, 5.41) is 6.32. The fourth-order valence-electron chi connectivity index (χ4n) is 2.77. The molecule has 6 nitrogen and oxygen atoms in total. The molecular weight excluding hydrogens is 316 g/mol. The van der Waals surface area contributed by atoms with Crippen LogP contribution in [-0.4, -0.2) is 49.4 Å². The maximum Gasteiger partial charge on any atom is 0.250 e. The van der Waals surface area contributed by atoms with Gasteiger partial charge in [0.2, 0.25) is 11.8 Å². The predicted molar refractivity (Wildman–Crippen MR) is 91.7 cm³/mol. The normalized spacial score (nSPS) is 18.6. The van der Waals surface area contributed by atoms with E-state index in [0.717, 1.165) is 26.1 Å². The smallest absolute Gasteiger partial charge is 0.250 e. The van der Waals surface area contributed by atoms with Gasteiger partial charge < -0.3 is 21.3 Å². The molecule has 1 aliphatic rings. The molecule has 0 spiro atoms. The van der Waals surface area contributed by atoms with Crippen LogP contribution in [0.25, 0.3) is 0 Å². The van der Waals surface area contributed by atoms with Crippen LogP contribution < -0.4 is 16.4 Å². The van der Waals surface area contributed by atoms with E-state index in [1.165, 1.54) is 18.6 Å². The topological polar surface area (TPSA) is 87.5 Å². The third kappa shape index (κ3) is 5.20. The first-order valence-corrected chi connectivity index (χ1v) is 8.16. The number of hydrogen-bond donors (Lipinski definition) is 3. The summed E-state index contributed by atoms with van der Waals surface area (Å²) >= 11 is 5.97. The van der Waals surface area contributed by atoms with Crippen molar-refractivity contribution in [3.63, 3.8) is 0 Å². The minimum Gasteiger partial charge on any atom is -0.366 e. The molecule has 1 unspecified atom stereocenters. The van der Waals surface area contributed by atoms with Gasteiger partial charge in [0, 0.05) is 31.2 Å². The summed E-state index contributed by atoms with van der Waals surface area (Å²) in [7, 11) is 1.97. The molecule has 126 valence electrons. The summed E-state index contributed by atoms with van der Waals surface area (Å²) in [6.45, 7) is 2.74. The predicted octanol–water partition coefficient (Wildman–Crippen LogP) is 1.45. The van der Waals surface area contributed by atoms with E-state index < -0.39 is 5.91 Å². The first-order chi connectivity index (χ1) is 11.0. The molecule has 4 N–H and O–H groups in total. The average molecular weight is 339 g/mol. The van der Waals surface area contributed by atoms with Crippen LogP contribution in [0.15, 0.2) is 18.2 Å². The molecule has 1 saturated heterocycles. The number of piperidine rings is 1. The average Bonchev–Trinajstić information content (AvgIpc) is 2.53. The Morgan fingerprint density at radius 3 is 2.87 bits per heavy atom. The largest absolute Gasteiger partial charge is 0.366 e. The van der Waals surface area contributed by atoms with Gasteiger partial charge in [-0.25, -0.2) is 0 Å². The van der Waals surface area contributed by atoms with Gasteiger partial charge in [0.15, 0.2) is 0 Å². The van der Waals surface area contributed by atoms with Gasteiger partial charge in [-0.2, -0.15) is 0 Å². The SMILES string of the molecule is CNC1CCCN(CCC(=O)Nc2ccc(C(N)=O)c(Cl)c2)C1. The third-order valence-corrected chi connectivity index (χ3v) is 4.40. The van der Waals surface area contributed by atoms with E-state index >= 15 is 0 Å². The van der Waals surface area contributed by atoms with Crippen LogP contribution in [0, 0.1) is 0 Å². The molecule has 0 aromatic heterocycles. The summed E-state index contributed by atoms with van der Waals surface area (Å²) in [6.07, 6.45) is 2.76. The van der Waals surface area contributed by atoms with Crippen LogP contribution >= 0.6 is 11.6 Å². The first kappa shape index (κ1) is 17.7. The zero-order valence-corrected chi connectivity index (χ0v) is 14.0. The highest BCUT2D eigenvalue weighted by molar-refractivity contribution is 6.34. The maximum atomic E-state index is 12.0. The van der Waals surface area contributed by atoms with Crippen molar-refractivity contribution in [2.24, 2.45) is 5.73 Å². The van der Waals surface area contributed by atoms with Crippen molar-refractivity contribution in [3.8, 4) is 0 Å². The highest BCUT2D eigenvalue weighted by Gasteiger charge is 2.18. The lowest BCUT2D eigenvalue weighted by atomic mass is 10.1. The minimum atomic E-state index is -0.586. The number of primary amides is 1. The molecule has 1 aliphatic heterocycles. The van der Waals surface area contributed by atoms with Crippen molar-refractivity contribution in [1.29, 1.82) is 0 Å². The van der Waals surface area contributed by atoms with Crippen molar-refractivity contribution in [3.05, 3.63) is 28.8 Å². The lowest BCUT2D eigenvalue weighted by Crippen LogP contribution is -2.45. The van der Waals surface area contributed by atoms with Crippen molar-refractivity contribution in [2.75, 3.05) is 32.0 Å². The molecule has 2 amide bonds. The molecule has 1 aromatic carbocycles. The van der Waals surface area contributed by atoms with E-state index in [-0.39, 0.29) is 16.5 Å². The van der Waals surface area contributed by atoms with E-state index in [2.05, 4.69) is 15.5 Å². The summed E-state index contributed by atoms with van der Waals surface area (Å²) in [6, 6.07) is 5.19. The van der Waals surface area contributed by atoms with Gasteiger partial charge in [-0.15, -0.1) is 0 Å². The van der Waals surface area contributed by atoms with Crippen LogP contribution in [0.3, 0.4) is 0 Å². The number of benzene rings is 1. The highest BCUT2D eigenvalue weighted by Crippen LogP contribution is 2.20. The number of anilines is 1. The third-order valence-electron chi connectivity index (χ3n) is 4.09. The Morgan fingerprint density at radius 1 is 1.43 bits per heavy atom. The van der Waals surface area contributed by atoms with Crippen molar-refractivity contribution in [2.45, 2.75) is 25.3 Å². The molecule has 0 bridgehead atoms. The number of carbonyl (C=O) groups is 2. The zero-order valence-electron chi connectivity index (χ0n) is 13.3. The Hall–Kier alpha value is -1.63. The van der Waals surface area contributed by atoms with Crippen LogP contribution in [0.5, 0.6) is 0 Å². The Morgan fingerprint density at radius 2 is 2.22 bits per heavy atom. The summed E-state index contributed by atoms with van der Waals surface area (Å²) < 4.78 is 0. The second-order valence-electron chi connectivity index (χ2n) is 5.79. The fraction of sp³-hybridized carbons (Fsp3) is 0.500. The lowest BCUT2D eigenvalue weighted by molar-refractivity contribution is -0.116. The van der Waals surface area contributed by atoms with Gasteiger partial charge in [-0.05, 0) is 44.6 Å². The molecule has 23 heavy (non-hydrogen) atoms. The van der Waals surface area contributed by atoms with Crippen LogP contribution in [0.2, 0.25) is 5.02 Å². The summed E-state index contributed by atoms with van der Waals surface area (Å²) in [5.74, 6) is -0.656. The molecule has 2 rings (SSSR count). The van der Waals surface area contributed by atoms with Gasteiger partial charge in [0.05, 0.1) is 10.6 Å². The molecule has 1 atom stereocenters. The first-order valence-electron chi connectivity index (χ1n) is 7.78. The molecule has 1 aromatic rings. The monoisotopic (exact) mass is 338 g/mol. The van der Waals surface area contributed by atoms with Gasteiger partial charge in [0.1, 0.15) is 0 Å². The van der Waals surface area contributed by atoms with Crippen molar-refractivity contribution in [1.82, 2.24) is 10.2 Å². The number of rotatable bonds is 6. The number of nitrogens with zero attached hydrogens (tertiary/aromatic N) is 1. The fourth-order valence-corrected chi connectivity index (χ4v) is 3.04. The van der Waals surface area contributed by atoms with Gasteiger partial charge in [-0.3, -0.25) is 9.59 Å². The van der Waals surface area contributed by atoms with E-state index in [0.29, 0.717) is 18.2 Å². The number of nitrogens with one attached hydrogen (secondary N) is 2. The quantitative estimate of drug-likeness (QED) is 0.732. The Bertz CT molecular complexity index is 579. The number of halogens is 1. The summed E-state index contributed by atoms with van der Waals surface area (Å²) in [5.41, 5.74) is 6.01. The Labute approximate surface area is 141 Å². The van der Waals surface area contributed by atoms with E-state index in [1.54, 1.807) is 6.07 Å². The Balaban J connectivity index is 1.83. The molecule has 1 fully saturated rings. The number of nitrogens with two attached hydrogens (primary N) is 1. The van der Waals surface area contributed by atoms with Crippen molar-refractivity contribution >= 4 is 29.1 Å². The molecule has 0 aliphatic carbocycles. The van der Waals surface area contributed by atoms with E-state index in [9.17, 15) is 9.59 Å². The number of hydrogen-bond acceptors (Lipinski definition) is 4. The van der Waals surface area contributed by atoms with Crippen LogP contribution in [-0.2, 0) is 4.79 Å². The molecule has 0 radical (unpaired) electrons. The minimum absolute atomic E-state index is 0.0699. The second-order valence-corrected chi connectivity index (χ2v) is 6.19. The van der Waals surface area contributed by atoms with E-state index in [1.807, 2.05) is 7.05 Å². The highest BCUT2D eigenvalue weighted by atomic mass is 35.5. The summed E-state index contributed by atoms with van der Waals surface area (Å²) in [4.78, 5) is 25.5. The van der Waals surface area contributed by atoms with Crippen LogP contribution in [0.1, 0.15) is 29.6 Å². The van der Waals surface area contributed by atoms with Crippen molar-refractivity contribution < 1.29 is 9.59 Å². The molecule has 7 heteroatoms. The van der Waals surface area contributed by atoms with Gasteiger partial charge in [-0.1, -0.05) is 11.6 Å². The molecular formula is C16H23ClN4O2. The number of likely N-dealkylation sites (N-methyl/N-ethyl adjacent to an activating group) is 1. The van der Waals surface area contributed by atoms with E-state index in [4.69, 9.17) is 17.3 Å². The molecule has 0 saturated carbocycles. The number of likely N-dealkylation sites (tertiary alicyclic amines) is 1. The number of carbonyl (C=O) groups excluding carboxylic acids is 2.